The molecule has 2 aromatic carbocycles. The Morgan fingerprint density at radius 1 is 1.05 bits per heavy atom. The van der Waals surface area contributed by atoms with E-state index < -0.39 is 23.6 Å². The van der Waals surface area contributed by atoms with Gasteiger partial charge < -0.3 is 21.3 Å². The molecule has 6 rings (SSSR count). The van der Waals surface area contributed by atoms with Crippen molar-refractivity contribution < 1.29 is 22.4 Å². The van der Waals surface area contributed by atoms with Gasteiger partial charge in [0.15, 0.2) is 5.82 Å². The molecular weight excluding hydrogens is 552 g/mol. The molecule has 1 aliphatic heterocycles. The normalized spacial score (nSPS) is 16.6. The smallest absolute Gasteiger partial charge is 0.382 e. The molecule has 2 fully saturated rings. The van der Waals surface area contributed by atoms with Crippen LogP contribution in [0.2, 0.25) is 0 Å². The number of rotatable bonds is 6. The highest BCUT2D eigenvalue weighted by Gasteiger charge is 2.34. The largest absolute Gasteiger partial charge is 0.416 e. The SMILES string of the molecule is CN1CCN(Cc2ccc(NC(=O)Nc3ccc(-c4cc(C5CC5)n5ncnc(N)c45)cc3F)cc2C(F)(F)F)CC1. The van der Waals surface area contributed by atoms with E-state index >= 15 is 4.39 Å². The molecule has 0 spiro atoms. The monoisotopic (exact) mass is 582 g/mol. The molecule has 0 radical (unpaired) electrons. The number of amides is 2. The van der Waals surface area contributed by atoms with E-state index in [0.717, 1.165) is 37.7 Å². The Kier molecular flexibility index (Phi) is 7.23. The molecular formula is C29H30F4N8O. The lowest BCUT2D eigenvalue weighted by Gasteiger charge is -2.33. The zero-order valence-electron chi connectivity index (χ0n) is 22.9. The second-order valence-corrected chi connectivity index (χ2v) is 10.9. The summed E-state index contributed by atoms with van der Waals surface area (Å²) in [5, 5.41) is 9.10. The van der Waals surface area contributed by atoms with Crippen LogP contribution in [-0.4, -0.2) is 63.7 Å². The topological polar surface area (TPSA) is 104 Å². The Morgan fingerprint density at radius 3 is 2.50 bits per heavy atom. The summed E-state index contributed by atoms with van der Waals surface area (Å²) < 4.78 is 58.6. The van der Waals surface area contributed by atoms with Gasteiger partial charge in [0.1, 0.15) is 17.7 Å². The number of carbonyl (C=O) groups excluding carboxylic acids is 1. The predicted octanol–water partition coefficient (Wildman–Crippen LogP) is 5.41. The fourth-order valence-electron chi connectivity index (χ4n) is 5.35. The fraction of sp³-hybridized carbons (Fsp3) is 0.345. The number of nitrogens with zero attached hydrogens (tertiary/aromatic N) is 5. The number of fused-ring (bicyclic) bond motifs is 1. The third-order valence-corrected chi connectivity index (χ3v) is 7.80. The summed E-state index contributed by atoms with van der Waals surface area (Å²) in [6.45, 7) is 3.06. The van der Waals surface area contributed by atoms with Gasteiger partial charge in [-0.05, 0) is 61.3 Å². The molecule has 0 bridgehead atoms. The van der Waals surface area contributed by atoms with Gasteiger partial charge in [-0.3, -0.25) is 4.90 Å². The molecule has 1 aliphatic carbocycles. The Morgan fingerprint density at radius 2 is 1.81 bits per heavy atom. The zero-order chi connectivity index (χ0) is 29.6. The van der Waals surface area contributed by atoms with E-state index in [1.165, 1.54) is 30.6 Å². The van der Waals surface area contributed by atoms with E-state index in [1.54, 1.807) is 10.6 Å². The number of hydrogen-bond donors (Lipinski definition) is 3. The highest BCUT2D eigenvalue weighted by molar-refractivity contribution is 6.00. The minimum Gasteiger partial charge on any atom is -0.382 e. The molecule has 2 aliphatic rings. The minimum atomic E-state index is -4.60. The average Bonchev–Trinajstić information content (AvgIpc) is 3.71. The second-order valence-electron chi connectivity index (χ2n) is 10.9. The van der Waals surface area contributed by atoms with Crippen molar-refractivity contribution >= 4 is 28.7 Å². The van der Waals surface area contributed by atoms with Crippen LogP contribution in [0.1, 0.15) is 35.6 Å². The highest BCUT2D eigenvalue weighted by atomic mass is 19.4. The van der Waals surface area contributed by atoms with Gasteiger partial charge in [-0.25, -0.2) is 18.7 Å². The Hall–Kier alpha value is -4.23. The molecule has 3 heterocycles. The van der Waals surface area contributed by atoms with E-state index in [1.807, 2.05) is 18.0 Å². The molecule has 0 unspecified atom stereocenters. The number of anilines is 3. The number of piperazine rings is 1. The first kappa shape index (κ1) is 27.9. The van der Waals surface area contributed by atoms with Crippen molar-refractivity contribution in [3.63, 3.8) is 0 Å². The summed E-state index contributed by atoms with van der Waals surface area (Å²) in [5.74, 6) is -0.0979. The summed E-state index contributed by atoms with van der Waals surface area (Å²) >= 11 is 0. The maximum atomic E-state index is 15.2. The van der Waals surface area contributed by atoms with Crippen LogP contribution in [0.5, 0.6) is 0 Å². The predicted molar refractivity (Wildman–Crippen MR) is 152 cm³/mol. The Bertz CT molecular complexity index is 1640. The molecule has 9 nitrogen and oxygen atoms in total. The third-order valence-electron chi connectivity index (χ3n) is 7.80. The van der Waals surface area contributed by atoms with E-state index in [4.69, 9.17) is 5.73 Å². The highest BCUT2D eigenvalue weighted by Crippen LogP contribution is 2.44. The lowest BCUT2D eigenvalue weighted by molar-refractivity contribution is -0.138. The number of nitrogens with two attached hydrogens (primary N) is 1. The van der Waals surface area contributed by atoms with E-state index in [9.17, 15) is 18.0 Å². The quantitative estimate of drug-likeness (QED) is 0.263. The summed E-state index contributed by atoms with van der Waals surface area (Å²) in [4.78, 5) is 20.8. The molecule has 2 aromatic heterocycles. The first-order chi connectivity index (χ1) is 20.1. The van der Waals surface area contributed by atoms with E-state index in [0.29, 0.717) is 35.7 Å². The van der Waals surface area contributed by atoms with Crippen LogP contribution in [0.15, 0.2) is 48.8 Å². The summed E-state index contributed by atoms with van der Waals surface area (Å²) in [6.07, 6.45) is -1.16. The maximum absolute atomic E-state index is 15.2. The van der Waals surface area contributed by atoms with Crippen molar-refractivity contribution in [3.8, 4) is 11.1 Å². The van der Waals surface area contributed by atoms with Crippen LogP contribution in [-0.2, 0) is 12.7 Å². The minimum absolute atomic E-state index is 0.0534. The van der Waals surface area contributed by atoms with E-state index in [-0.39, 0.29) is 29.3 Å². The summed E-state index contributed by atoms with van der Waals surface area (Å²) in [5.41, 5.74) is 8.01. The molecule has 42 heavy (non-hydrogen) atoms. The van der Waals surface area contributed by atoms with Crippen LogP contribution < -0.4 is 16.4 Å². The van der Waals surface area contributed by atoms with Crippen molar-refractivity contribution in [3.05, 3.63) is 71.4 Å². The first-order valence-corrected chi connectivity index (χ1v) is 13.7. The van der Waals surface area contributed by atoms with Crippen molar-refractivity contribution in [1.82, 2.24) is 24.4 Å². The van der Waals surface area contributed by atoms with Crippen LogP contribution in [0.25, 0.3) is 16.6 Å². The molecule has 4 N–H and O–H groups in total. The summed E-state index contributed by atoms with van der Waals surface area (Å²) in [6, 6.07) is 9.05. The Labute approximate surface area is 239 Å². The van der Waals surface area contributed by atoms with Crippen molar-refractivity contribution in [1.29, 1.82) is 0 Å². The van der Waals surface area contributed by atoms with Gasteiger partial charge in [-0.2, -0.15) is 18.3 Å². The van der Waals surface area contributed by atoms with Gasteiger partial charge in [0, 0.05) is 55.6 Å². The van der Waals surface area contributed by atoms with Gasteiger partial charge in [0.05, 0.1) is 11.3 Å². The number of benzene rings is 2. The molecule has 1 saturated carbocycles. The molecule has 220 valence electrons. The van der Waals surface area contributed by atoms with Gasteiger partial charge >= 0.3 is 12.2 Å². The second kappa shape index (κ2) is 10.9. The van der Waals surface area contributed by atoms with Crippen molar-refractivity contribution in [2.45, 2.75) is 31.5 Å². The number of carbonyl (C=O) groups is 1. The number of nitrogen functional groups attached to an aromatic ring is 1. The van der Waals surface area contributed by atoms with E-state index in [2.05, 4.69) is 25.6 Å². The average molecular weight is 583 g/mol. The molecule has 2 amide bonds. The number of nitrogens with one attached hydrogen (secondary N) is 2. The van der Waals surface area contributed by atoms with Gasteiger partial charge in [0.25, 0.3) is 0 Å². The molecule has 4 aromatic rings. The zero-order valence-corrected chi connectivity index (χ0v) is 22.9. The first-order valence-electron chi connectivity index (χ1n) is 13.7. The van der Waals surface area contributed by atoms with Crippen LogP contribution in [0.4, 0.5) is 39.5 Å². The lowest BCUT2D eigenvalue weighted by atomic mass is 10.0. The Balaban J connectivity index is 1.18. The van der Waals surface area contributed by atoms with Crippen molar-refractivity contribution in [2.24, 2.45) is 0 Å². The fourth-order valence-corrected chi connectivity index (χ4v) is 5.35. The summed E-state index contributed by atoms with van der Waals surface area (Å²) in [7, 11) is 1.98. The maximum Gasteiger partial charge on any atom is 0.416 e. The molecule has 1 saturated heterocycles. The standard InChI is InChI=1S/C29H30F4N8O/c1-39-8-10-40(11-9-39)15-19-4-6-20(13-22(19)29(31,32)33)37-28(42)38-24-7-5-18(12-23(24)30)21-14-25(17-2-3-17)41-26(21)27(34)35-16-36-41/h4-7,12-14,16-17H,2-3,8-11,15H2,1H3,(H2,34,35,36)(H2,37,38,42). The van der Waals surface area contributed by atoms with Crippen LogP contribution in [0, 0.1) is 5.82 Å². The van der Waals surface area contributed by atoms with Gasteiger partial charge in [-0.1, -0.05) is 12.1 Å². The molecule has 13 heteroatoms. The third kappa shape index (κ3) is 5.74. The van der Waals surface area contributed by atoms with Crippen LogP contribution in [0.3, 0.4) is 0 Å². The number of halogens is 4. The number of likely N-dealkylation sites (N-methyl/N-ethyl adjacent to an activating group) is 1. The van der Waals surface area contributed by atoms with Crippen LogP contribution >= 0.6 is 0 Å². The lowest BCUT2D eigenvalue weighted by Crippen LogP contribution is -2.44. The van der Waals surface area contributed by atoms with Gasteiger partial charge in [0.2, 0.25) is 0 Å². The number of aromatic nitrogens is 3. The number of urea groups is 1. The van der Waals surface area contributed by atoms with Crippen molar-refractivity contribution in [2.75, 3.05) is 49.6 Å². The number of alkyl halides is 3. The molecule has 0 atom stereocenters. The van der Waals surface area contributed by atoms with Gasteiger partial charge in [-0.15, -0.1) is 0 Å². The number of hydrogen-bond acceptors (Lipinski definition) is 6.